The van der Waals surface area contributed by atoms with Crippen molar-refractivity contribution < 1.29 is 9.53 Å². The summed E-state index contributed by atoms with van der Waals surface area (Å²) >= 11 is 5.67. The number of carbonyl (C=O) groups is 1. The minimum Gasteiger partial charge on any atom is -0.466 e. The first kappa shape index (κ1) is 12.1. The summed E-state index contributed by atoms with van der Waals surface area (Å²) in [6.45, 7) is 2.26. The minimum absolute atomic E-state index is 0.140. The number of rotatable bonds is 5. The highest BCUT2D eigenvalue weighted by Crippen LogP contribution is 2.08. The molecular formula is C12H15ClO2. The molecule has 0 aromatic heterocycles. The quantitative estimate of drug-likeness (QED) is 0.570. The fourth-order valence-corrected chi connectivity index (χ4v) is 1.45. The van der Waals surface area contributed by atoms with Crippen molar-refractivity contribution in [3.8, 4) is 0 Å². The molecule has 1 rings (SSSR count). The van der Waals surface area contributed by atoms with E-state index in [1.807, 2.05) is 31.2 Å². The summed E-state index contributed by atoms with van der Waals surface area (Å²) in [5.74, 6) is 0.386. The highest BCUT2D eigenvalue weighted by molar-refractivity contribution is 6.17. The van der Waals surface area contributed by atoms with Crippen molar-refractivity contribution in [2.75, 3.05) is 6.61 Å². The summed E-state index contributed by atoms with van der Waals surface area (Å²) in [6.07, 6.45) is 1.16. The molecule has 0 aliphatic carbocycles. The van der Waals surface area contributed by atoms with E-state index >= 15 is 0 Å². The number of carbonyl (C=O) groups excluding carboxylic acids is 1. The van der Waals surface area contributed by atoms with E-state index in [0.29, 0.717) is 18.9 Å². The van der Waals surface area contributed by atoms with Crippen LogP contribution in [0, 0.1) is 0 Å². The second kappa shape index (κ2) is 6.46. The largest absolute Gasteiger partial charge is 0.466 e. The number of esters is 1. The van der Waals surface area contributed by atoms with Crippen LogP contribution in [-0.4, -0.2) is 12.6 Å². The van der Waals surface area contributed by atoms with E-state index < -0.39 is 0 Å². The smallest absolute Gasteiger partial charge is 0.306 e. The average molecular weight is 227 g/mol. The van der Waals surface area contributed by atoms with Gasteiger partial charge >= 0.3 is 5.97 Å². The van der Waals surface area contributed by atoms with Gasteiger partial charge in [0.05, 0.1) is 6.61 Å². The molecule has 0 aliphatic rings. The standard InChI is InChI=1S/C12H15ClO2/c1-2-15-12(14)8-7-10-3-5-11(9-13)6-4-10/h3-6H,2,7-9H2,1H3. The first-order valence-corrected chi connectivity index (χ1v) is 5.59. The molecule has 0 bridgehead atoms. The van der Waals surface area contributed by atoms with Gasteiger partial charge in [0.15, 0.2) is 0 Å². The van der Waals surface area contributed by atoms with Gasteiger partial charge in [-0.2, -0.15) is 0 Å². The second-order valence-electron chi connectivity index (χ2n) is 3.26. The van der Waals surface area contributed by atoms with E-state index in [-0.39, 0.29) is 5.97 Å². The van der Waals surface area contributed by atoms with Gasteiger partial charge in [0.1, 0.15) is 0 Å². The third kappa shape index (κ3) is 4.34. The number of alkyl halides is 1. The molecule has 0 saturated heterocycles. The average Bonchev–Trinajstić information content (AvgIpc) is 2.27. The van der Waals surface area contributed by atoms with Crippen LogP contribution < -0.4 is 0 Å². The van der Waals surface area contributed by atoms with Crippen LogP contribution in [0.4, 0.5) is 0 Å². The summed E-state index contributed by atoms with van der Waals surface area (Å²) in [5.41, 5.74) is 2.23. The Morgan fingerprint density at radius 2 is 1.87 bits per heavy atom. The Balaban J connectivity index is 2.40. The van der Waals surface area contributed by atoms with Gasteiger partial charge in [-0.15, -0.1) is 11.6 Å². The summed E-state index contributed by atoms with van der Waals surface area (Å²) in [5, 5.41) is 0. The fraction of sp³-hybridized carbons (Fsp3) is 0.417. The van der Waals surface area contributed by atoms with Gasteiger partial charge in [-0.25, -0.2) is 0 Å². The van der Waals surface area contributed by atoms with E-state index in [0.717, 1.165) is 17.5 Å². The first-order valence-electron chi connectivity index (χ1n) is 5.05. The Morgan fingerprint density at radius 1 is 1.27 bits per heavy atom. The molecule has 0 N–H and O–H groups in total. The molecule has 82 valence electrons. The molecule has 0 amide bonds. The first-order chi connectivity index (χ1) is 7.26. The topological polar surface area (TPSA) is 26.3 Å². The lowest BCUT2D eigenvalue weighted by atomic mass is 10.1. The van der Waals surface area contributed by atoms with Crippen molar-refractivity contribution in [3.63, 3.8) is 0 Å². The summed E-state index contributed by atoms with van der Waals surface area (Å²) in [4.78, 5) is 11.1. The normalized spacial score (nSPS) is 10.0. The molecule has 1 aromatic rings. The van der Waals surface area contributed by atoms with Gasteiger partial charge in [-0.1, -0.05) is 24.3 Å². The van der Waals surface area contributed by atoms with E-state index in [4.69, 9.17) is 16.3 Å². The Labute approximate surface area is 95.2 Å². The Morgan fingerprint density at radius 3 is 2.40 bits per heavy atom. The highest BCUT2D eigenvalue weighted by Gasteiger charge is 2.02. The molecule has 0 radical (unpaired) electrons. The third-order valence-corrected chi connectivity index (χ3v) is 2.41. The van der Waals surface area contributed by atoms with Gasteiger partial charge in [0.2, 0.25) is 0 Å². The maximum atomic E-state index is 11.1. The molecule has 15 heavy (non-hydrogen) atoms. The number of benzene rings is 1. The zero-order valence-corrected chi connectivity index (χ0v) is 9.59. The molecule has 0 spiro atoms. The zero-order valence-electron chi connectivity index (χ0n) is 8.83. The van der Waals surface area contributed by atoms with Crippen LogP contribution in [0.2, 0.25) is 0 Å². The highest BCUT2D eigenvalue weighted by atomic mass is 35.5. The van der Waals surface area contributed by atoms with Crippen molar-refractivity contribution >= 4 is 17.6 Å². The van der Waals surface area contributed by atoms with E-state index in [1.54, 1.807) is 0 Å². The van der Waals surface area contributed by atoms with Gasteiger partial charge in [0, 0.05) is 12.3 Å². The number of hydrogen-bond acceptors (Lipinski definition) is 2. The molecule has 2 nitrogen and oxygen atoms in total. The van der Waals surface area contributed by atoms with E-state index in [1.165, 1.54) is 0 Å². The van der Waals surface area contributed by atoms with Crippen molar-refractivity contribution in [2.24, 2.45) is 0 Å². The molecule has 0 atom stereocenters. The number of ether oxygens (including phenoxy) is 1. The summed E-state index contributed by atoms with van der Waals surface area (Å²) < 4.78 is 4.85. The molecule has 0 saturated carbocycles. The molecule has 1 aromatic carbocycles. The lowest BCUT2D eigenvalue weighted by Gasteiger charge is -2.02. The van der Waals surface area contributed by atoms with Gasteiger partial charge < -0.3 is 4.74 Å². The van der Waals surface area contributed by atoms with Crippen LogP contribution in [0.1, 0.15) is 24.5 Å². The van der Waals surface area contributed by atoms with Gasteiger partial charge in [-0.05, 0) is 24.5 Å². The third-order valence-electron chi connectivity index (χ3n) is 2.10. The van der Waals surface area contributed by atoms with Crippen molar-refractivity contribution in [1.82, 2.24) is 0 Å². The van der Waals surface area contributed by atoms with E-state index in [2.05, 4.69) is 0 Å². The SMILES string of the molecule is CCOC(=O)CCc1ccc(CCl)cc1. The number of hydrogen-bond donors (Lipinski definition) is 0. The Bertz CT molecular complexity index is 306. The van der Waals surface area contributed by atoms with E-state index in [9.17, 15) is 4.79 Å². The molecule has 0 unspecified atom stereocenters. The second-order valence-corrected chi connectivity index (χ2v) is 3.52. The van der Waals surface area contributed by atoms with Crippen LogP contribution in [0.15, 0.2) is 24.3 Å². The number of aryl methyl sites for hydroxylation is 1. The van der Waals surface area contributed by atoms with Gasteiger partial charge in [0.25, 0.3) is 0 Å². The van der Waals surface area contributed by atoms with Crippen LogP contribution in [-0.2, 0) is 21.8 Å². The summed E-state index contributed by atoms with van der Waals surface area (Å²) in [7, 11) is 0. The Hall–Kier alpha value is -1.02. The maximum Gasteiger partial charge on any atom is 0.306 e. The molecule has 0 heterocycles. The molecular weight excluding hydrogens is 212 g/mol. The van der Waals surface area contributed by atoms with Crippen LogP contribution in [0.3, 0.4) is 0 Å². The predicted molar refractivity (Wildman–Crippen MR) is 61.0 cm³/mol. The Kier molecular flexibility index (Phi) is 5.19. The van der Waals surface area contributed by atoms with Crippen LogP contribution >= 0.6 is 11.6 Å². The van der Waals surface area contributed by atoms with Crippen molar-refractivity contribution in [1.29, 1.82) is 0 Å². The maximum absolute atomic E-state index is 11.1. The van der Waals surface area contributed by atoms with Gasteiger partial charge in [-0.3, -0.25) is 4.79 Å². The lowest BCUT2D eigenvalue weighted by Crippen LogP contribution is -2.05. The zero-order chi connectivity index (χ0) is 11.1. The summed E-state index contributed by atoms with van der Waals surface area (Å²) in [6, 6.07) is 7.95. The van der Waals surface area contributed by atoms with Crippen LogP contribution in [0.5, 0.6) is 0 Å². The number of halogens is 1. The fourth-order valence-electron chi connectivity index (χ4n) is 1.27. The van der Waals surface area contributed by atoms with Crippen LogP contribution in [0.25, 0.3) is 0 Å². The molecule has 0 aliphatic heterocycles. The lowest BCUT2D eigenvalue weighted by molar-refractivity contribution is -0.143. The van der Waals surface area contributed by atoms with Crippen molar-refractivity contribution in [2.45, 2.75) is 25.6 Å². The molecule has 3 heteroatoms. The molecule has 0 fully saturated rings. The monoisotopic (exact) mass is 226 g/mol. The minimum atomic E-state index is -0.140. The van der Waals surface area contributed by atoms with Crippen molar-refractivity contribution in [3.05, 3.63) is 35.4 Å². The predicted octanol–water partition coefficient (Wildman–Crippen LogP) is 2.92.